The molecule has 9 nitrogen and oxygen atoms in total. The molecular weight excluding hydrogens is 497 g/mol. The van der Waals surface area contributed by atoms with Crippen molar-refractivity contribution < 1.29 is 14.2 Å². The number of nitrogens with one attached hydrogen (secondary N) is 2. The number of phenolic OH excluding ortho intramolecular Hbond substituents is 1. The topological polar surface area (TPSA) is 108 Å². The first kappa shape index (κ1) is 26.3. The van der Waals surface area contributed by atoms with Gasteiger partial charge in [-0.05, 0) is 56.0 Å². The standard InChI is InChI=1S/C29H32FN7O2/c1-20-13-22(6-5-21-3-2-4-26(38)16-21)15-25(14-20)34-24-8-7-23(31-17-24)18-33-36-29-32-19-27(30)28(35-29)37-9-11-39-12-10-37/h2-4,7-8,13-14,16-19,25,34,38H,5-6,9-12,15H2,1H3,(H,32,35,36)/b33-18+. The molecule has 3 N–H and O–H groups in total. The molecule has 0 spiro atoms. The fourth-order valence-electron chi connectivity index (χ4n) is 4.72. The smallest absolute Gasteiger partial charge is 0.245 e. The summed E-state index contributed by atoms with van der Waals surface area (Å²) in [6, 6.07) is 11.5. The number of anilines is 3. The van der Waals surface area contributed by atoms with Crippen LogP contribution in [0.2, 0.25) is 0 Å². The van der Waals surface area contributed by atoms with Crippen LogP contribution in [0.3, 0.4) is 0 Å². The molecule has 0 amide bonds. The molecular formula is C29H32FN7O2. The molecule has 1 saturated heterocycles. The molecule has 0 bridgehead atoms. The maximum Gasteiger partial charge on any atom is 0.245 e. The van der Waals surface area contributed by atoms with E-state index in [0.29, 0.717) is 37.7 Å². The van der Waals surface area contributed by atoms with Crippen molar-refractivity contribution in [3.63, 3.8) is 0 Å². The predicted octanol–water partition coefficient (Wildman–Crippen LogP) is 4.69. The van der Waals surface area contributed by atoms with Crippen molar-refractivity contribution >= 4 is 23.7 Å². The van der Waals surface area contributed by atoms with Crippen LogP contribution < -0.4 is 15.6 Å². The highest BCUT2D eigenvalue weighted by Gasteiger charge is 2.18. The Hall–Kier alpha value is -4.31. The van der Waals surface area contributed by atoms with Crippen molar-refractivity contribution in [1.82, 2.24) is 15.0 Å². The summed E-state index contributed by atoms with van der Waals surface area (Å²) in [5, 5.41) is 17.4. The van der Waals surface area contributed by atoms with Gasteiger partial charge in [-0.15, -0.1) is 0 Å². The second-order valence-corrected chi connectivity index (χ2v) is 9.64. The number of phenols is 1. The maximum atomic E-state index is 14.2. The molecule has 3 aromatic rings. The Labute approximate surface area is 227 Å². The number of allylic oxidation sites excluding steroid dienone is 2. The summed E-state index contributed by atoms with van der Waals surface area (Å²) in [6.07, 6.45) is 11.7. The average molecular weight is 530 g/mol. The number of hydrazone groups is 1. The van der Waals surface area contributed by atoms with Crippen LogP contribution in [0.5, 0.6) is 5.75 Å². The average Bonchev–Trinajstić information content (AvgIpc) is 2.94. The number of hydrogen-bond acceptors (Lipinski definition) is 9. The summed E-state index contributed by atoms with van der Waals surface area (Å²) in [5.41, 5.74) is 8.06. The van der Waals surface area contributed by atoms with Gasteiger partial charge in [-0.2, -0.15) is 10.1 Å². The molecule has 10 heteroatoms. The Morgan fingerprint density at radius 2 is 2.03 bits per heavy atom. The van der Waals surface area contributed by atoms with Gasteiger partial charge in [-0.1, -0.05) is 35.4 Å². The first-order valence-electron chi connectivity index (χ1n) is 13.0. The van der Waals surface area contributed by atoms with Gasteiger partial charge in [0.1, 0.15) is 5.75 Å². The summed E-state index contributed by atoms with van der Waals surface area (Å²) in [4.78, 5) is 14.5. The molecule has 1 aromatic carbocycles. The number of nitrogens with zero attached hydrogens (tertiary/aromatic N) is 5. The normalized spacial score (nSPS) is 17.6. The lowest BCUT2D eigenvalue weighted by atomic mass is 9.92. The fraction of sp³-hybridized carbons (Fsp3) is 0.310. The number of benzene rings is 1. The number of halogens is 1. The van der Waals surface area contributed by atoms with E-state index in [0.717, 1.165) is 36.7 Å². The molecule has 39 heavy (non-hydrogen) atoms. The van der Waals surface area contributed by atoms with E-state index in [1.807, 2.05) is 35.2 Å². The zero-order chi connectivity index (χ0) is 27.0. The summed E-state index contributed by atoms with van der Waals surface area (Å²) in [5.74, 6) is 0.279. The van der Waals surface area contributed by atoms with Gasteiger partial charge >= 0.3 is 0 Å². The number of hydrogen-bond donors (Lipinski definition) is 3. The summed E-state index contributed by atoms with van der Waals surface area (Å²) >= 11 is 0. The van der Waals surface area contributed by atoms with Crippen LogP contribution in [0, 0.1) is 5.82 Å². The van der Waals surface area contributed by atoms with Crippen LogP contribution in [0.25, 0.3) is 0 Å². The zero-order valence-electron chi connectivity index (χ0n) is 21.8. The van der Waals surface area contributed by atoms with Crippen LogP contribution >= 0.6 is 0 Å². The van der Waals surface area contributed by atoms with Crippen molar-refractivity contribution in [2.24, 2.45) is 5.10 Å². The van der Waals surface area contributed by atoms with Crippen LogP contribution in [-0.4, -0.2) is 58.6 Å². The van der Waals surface area contributed by atoms with Crippen LogP contribution in [-0.2, 0) is 11.2 Å². The first-order chi connectivity index (χ1) is 19.0. The van der Waals surface area contributed by atoms with Gasteiger partial charge in [-0.3, -0.25) is 4.98 Å². The Morgan fingerprint density at radius 3 is 2.82 bits per heavy atom. The third-order valence-corrected chi connectivity index (χ3v) is 6.56. The second-order valence-electron chi connectivity index (χ2n) is 9.64. The van der Waals surface area contributed by atoms with E-state index >= 15 is 0 Å². The number of pyridine rings is 1. The van der Waals surface area contributed by atoms with Crippen LogP contribution in [0.4, 0.5) is 21.8 Å². The minimum absolute atomic E-state index is 0.174. The molecule has 0 radical (unpaired) electrons. The lowest BCUT2D eigenvalue weighted by molar-refractivity contribution is 0.122. The summed E-state index contributed by atoms with van der Waals surface area (Å²) in [6.45, 7) is 4.34. The number of aryl methyl sites for hydroxylation is 1. The molecule has 3 heterocycles. The molecule has 2 aromatic heterocycles. The molecule has 2 aliphatic rings. The van der Waals surface area contributed by atoms with Gasteiger partial charge in [0.2, 0.25) is 5.95 Å². The quantitative estimate of drug-likeness (QED) is 0.271. The third kappa shape index (κ3) is 7.38. The highest BCUT2D eigenvalue weighted by atomic mass is 19.1. The molecule has 1 aliphatic carbocycles. The minimum atomic E-state index is -0.474. The second kappa shape index (κ2) is 12.5. The SMILES string of the molecule is CC1=CC(Nc2ccc(/C=N/Nc3ncc(F)c(N4CCOCC4)n3)nc2)CC(CCc2cccc(O)c2)=C1. The Balaban J connectivity index is 1.13. The van der Waals surface area contributed by atoms with E-state index in [1.165, 1.54) is 11.1 Å². The number of ether oxygens (including phenoxy) is 1. The summed E-state index contributed by atoms with van der Waals surface area (Å²) in [7, 11) is 0. The van der Waals surface area contributed by atoms with Gasteiger partial charge in [0, 0.05) is 19.1 Å². The van der Waals surface area contributed by atoms with Gasteiger partial charge < -0.3 is 20.1 Å². The zero-order valence-corrected chi connectivity index (χ0v) is 21.8. The van der Waals surface area contributed by atoms with E-state index in [-0.39, 0.29) is 17.8 Å². The van der Waals surface area contributed by atoms with E-state index < -0.39 is 5.82 Å². The largest absolute Gasteiger partial charge is 0.508 e. The van der Waals surface area contributed by atoms with Gasteiger partial charge in [-0.25, -0.2) is 14.8 Å². The highest BCUT2D eigenvalue weighted by Crippen LogP contribution is 2.25. The van der Waals surface area contributed by atoms with Gasteiger partial charge in [0.25, 0.3) is 0 Å². The van der Waals surface area contributed by atoms with Crippen molar-refractivity contribution in [3.8, 4) is 5.75 Å². The minimum Gasteiger partial charge on any atom is -0.508 e. The molecule has 1 fully saturated rings. The molecule has 5 rings (SSSR count). The van der Waals surface area contributed by atoms with Crippen molar-refractivity contribution in [2.45, 2.75) is 32.2 Å². The van der Waals surface area contributed by atoms with E-state index in [9.17, 15) is 9.50 Å². The molecule has 0 saturated carbocycles. The van der Waals surface area contributed by atoms with E-state index in [2.05, 4.69) is 49.9 Å². The maximum absolute atomic E-state index is 14.2. The van der Waals surface area contributed by atoms with Crippen LogP contribution in [0.1, 0.15) is 31.0 Å². The van der Waals surface area contributed by atoms with Crippen LogP contribution in [0.15, 0.2) is 77.2 Å². The molecule has 1 aliphatic heterocycles. The Kier molecular flexibility index (Phi) is 8.42. The third-order valence-electron chi connectivity index (χ3n) is 6.56. The monoisotopic (exact) mass is 529 g/mol. The summed E-state index contributed by atoms with van der Waals surface area (Å²) < 4.78 is 19.5. The number of aromatic nitrogens is 3. The molecule has 202 valence electrons. The molecule has 1 unspecified atom stereocenters. The Bertz CT molecular complexity index is 1370. The number of aromatic hydroxyl groups is 1. The van der Waals surface area contributed by atoms with Gasteiger partial charge in [0.15, 0.2) is 11.6 Å². The first-order valence-corrected chi connectivity index (χ1v) is 13.0. The Morgan fingerprint density at radius 1 is 1.15 bits per heavy atom. The van der Waals surface area contributed by atoms with Gasteiger partial charge in [0.05, 0.1) is 43.2 Å². The van der Waals surface area contributed by atoms with E-state index in [4.69, 9.17) is 4.74 Å². The van der Waals surface area contributed by atoms with E-state index in [1.54, 1.807) is 18.5 Å². The number of morpholine rings is 1. The highest BCUT2D eigenvalue weighted by molar-refractivity contribution is 5.77. The lowest BCUT2D eigenvalue weighted by Gasteiger charge is -2.27. The fourth-order valence-corrected chi connectivity index (χ4v) is 4.72. The predicted molar refractivity (Wildman–Crippen MR) is 151 cm³/mol. The van der Waals surface area contributed by atoms with Crippen molar-refractivity contribution in [2.75, 3.05) is 41.9 Å². The van der Waals surface area contributed by atoms with Crippen molar-refractivity contribution in [3.05, 3.63) is 89.2 Å². The van der Waals surface area contributed by atoms with Crippen molar-refractivity contribution in [1.29, 1.82) is 0 Å². The molecule has 1 atom stereocenters. The number of rotatable bonds is 9. The lowest BCUT2D eigenvalue weighted by Crippen LogP contribution is -2.37.